The maximum Gasteiger partial charge on any atom is 0.411 e. The summed E-state index contributed by atoms with van der Waals surface area (Å²) in [5.74, 6) is -0.202. The Balaban J connectivity index is 2.24. The summed E-state index contributed by atoms with van der Waals surface area (Å²) < 4.78 is 40.4. The van der Waals surface area contributed by atoms with Gasteiger partial charge in [0.1, 0.15) is 12.4 Å². The molecule has 7 heteroatoms. The molecule has 0 saturated heterocycles. The van der Waals surface area contributed by atoms with Crippen molar-refractivity contribution in [3.05, 3.63) is 28.5 Å². The molecule has 0 aliphatic carbocycles. The van der Waals surface area contributed by atoms with Crippen LogP contribution >= 0.6 is 15.9 Å². The molecule has 0 radical (unpaired) electrons. The lowest BCUT2D eigenvalue weighted by atomic mass is 10.1. The minimum Gasteiger partial charge on any atom is -0.372 e. The quantitative estimate of drug-likeness (QED) is 0.755. The Morgan fingerprint density at radius 3 is 2.67 bits per heavy atom. The Labute approximate surface area is 110 Å². The van der Waals surface area contributed by atoms with Crippen LogP contribution in [0.3, 0.4) is 0 Å². The van der Waals surface area contributed by atoms with E-state index in [2.05, 4.69) is 25.7 Å². The first-order valence-corrected chi connectivity index (χ1v) is 5.93. The second-order valence-corrected chi connectivity index (χ2v) is 4.52. The smallest absolute Gasteiger partial charge is 0.372 e. The first-order valence-electron chi connectivity index (χ1n) is 5.13. The number of nitrogens with zero attached hydrogens (tertiary/aromatic N) is 1. The molecule has 1 heterocycles. The number of hydrogen-bond donors (Lipinski definition) is 0. The molecule has 0 N–H and O–H groups in total. The van der Waals surface area contributed by atoms with Crippen molar-refractivity contribution in [2.45, 2.75) is 19.0 Å². The lowest BCUT2D eigenvalue weighted by molar-refractivity contribution is -0.174. The van der Waals surface area contributed by atoms with Crippen LogP contribution in [-0.2, 0) is 16.0 Å². The van der Waals surface area contributed by atoms with Crippen molar-refractivity contribution in [2.24, 2.45) is 0 Å². The SMILES string of the molecule is O=C(CCOCC(F)(F)F)Cc1ccc(Br)cn1. The van der Waals surface area contributed by atoms with E-state index in [-0.39, 0.29) is 25.2 Å². The first kappa shape index (κ1) is 15.1. The second-order valence-electron chi connectivity index (χ2n) is 3.60. The van der Waals surface area contributed by atoms with Crippen LogP contribution in [0.1, 0.15) is 12.1 Å². The summed E-state index contributed by atoms with van der Waals surface area (Å²) in [6.45, 7) is -1.55. The predicted octanol–water partition coefficient (Wildman–Crippen LogP) is 2.92. The van der Waals surface area contributed by atoms with Crippen LogP contribution in [0.4, 0.5) is 13.2 Å². The van der Waals surface area contributed by atoms with Crippen molar-refractivity contribution in [2.75, 3.05) is 13.2 Å². The number of halogens is 4. The van der Waals surface area contributed by atoms with Gasteiger partial charge in [0.2, 0.25) is 0 Å². The van der Waals surface area contributed by atoms with Gasteiger partial charge in [-0.05, 0) is 28.1 Å². The van der Waals surface area contributed by atoms with E-state index < -0.39 is 12.8 Å². The molecule has 100 valence electrons. The predicted molar refractivity (Wildman–Crippen MR) is 62.1 cm³/mol. The zero-order valence-electron chi connectivity index (χ0n) is 9.34. The topological polar surface area (TPSA) is 39.2 Å². The van der Waals surface area contributed by atoms with Gasteiger partial charge < -0.3 is 4.74 Å². The van der Waals surface area contributed by atoms with E-state index in [1.807, 2.05) is 0 Å². The normalized spacial score (nSPS) is 11.6. The highest BCUT2D eigenvalue weighted by molar-refractivity contribution is 9.10. The van der Waals surface area contributed by atoms with Gasteiger partial charge in [0.15, 0.2) is 0 Å². The lowest BCUT2D eigenvalue weighted by Gasteiger charge is -2.06. The molecular weight excluding hydrogens is 315 g/mol. The molecule has 0 aliphatic heterocycles. The van der Waals surface area contributed by atoms with Crippen molar-refractivity contribution >= 4 is 21.7 Å². The first-order chi connectivity index (χ1) is 8.37. The van der Waals surface area contributed by atoms with Gasteiger partial charge in [-0.25, -0.2) is 0 Å². The van der Waals surface area contributed by atoms with Gasteiger partial charge in [0.05, 0.1) is 6.61 Å². The number of ether oxygens (including phenoxy) is 1. The number of Topliss-reactive ketones (excluding diaryl/α,β-unsaturated/α-hetero) is 1. The Kier molecular flexibility index (Phi) is 5.74. The second kappa shape index (κ2) is 6.84. The summed E-state index contributed by atoms with van der Waals surface area (Å²) in [5.41, 5.74) is 0.582. The number of hydrogen-bond acceptors (Lipinski definition) is 3. The van der Waals surface area contributed by atoms with Gasteiger partial charge in [-0.3, -0.25) is 9.78 Å². The summed E-state index contributed by atoms with van der Waals surface area (Å²) >= 11 is 3.21. The van der Waals surface area contributed by atoms with Crippen LogP contribution < -0.4 is 0 Å². The van der Waals surface area contributed by atoms with Gasteiger partial charge in [0, 0.05) is 29.2 Å². The number of aromatic nitrogens is 1. The molecule has 0 spiro atoms. The third-order valence-corrected chi connectivity index (χ3v) is 2.43. The molecule has 1 rings (SSSR count). The highest BCUT2D eigenvalue weighted by atomic mass is 79.9. The maximum atomic E-state index is 11.7. The fourth-order valence-corrected chi connectivity index (χ4v) is 1.41. The number of pyridine rings is 1. The Bertz CT molecular complexity index is 392. The Morgan fingerprint density at radius 1 is 1.39 bits per heavy atom. The van der Waals surface area contributed by atoms with Gasteiger partial charge in [-0.15, -0.1) is 0 Å². The number of carbonyl (C=O) groups excluding carboxylic acids is 1. The van der Waals surface area contributed by atoms with Crippen molar-refractivity contribution in [1.29, 1.82) is 0 Å². The molecule has 0 unspecified atom stereocenters. The van der Waals surface area contributed by atoms with Crippen LogP contribution in [0.25, 0.3) is 0 Å². The number of rotatable bonds is 6. The molecule has 0 atom stereocenters. The minimum atomic E-state index is -4.35. The van der Waals surface area contributed by atoms with E-state index in [0.29, 0.717) is 5.69 Å². The summed E-state index contributed by atoms with van der Waals surface area (Å²) in [6, 6.07) is 3.42. The largest absolute Gasteiger partial charge is 0.411 e. The van der Waals surface area contributed by atoms with Gasteiger partial charge in [-0.1, -0.05) is 0 Å². The molecular formula is C11H11BrF3NO2. The zero-order valence-corrected chi connectivity index (χ0v) is 10.9. The Morgan fingerprint density at radius 2 is 2.11 bits per heavy atom. The third-order valence-electron chi connectivity index (χ3n) is 1.96. The van der Waals surface area contributed by atoms with Gasteiger partial charge in [-0.2, -0.15) is 13.2 Å². The maximum absolute atomic E-state index is 11.7. The molecule has 18 heavy (non-hydrogen) atoms. The summed E-state index contributed by atoms with van der Waals surface area (Å²) in [5, 5.41) is 0. The molecule has 0 fully saturated rings. The van der Waals surface area contributed by atoms with Crippen LogP contribution in [-0.4, -0.2) is 30.2 Å². The van der Waals surface area contributed by atoms with E-state index in [9.17, 15) is 18.0 Å². The van der Waals surface area contributed by atoms with Gasteiger partial charge in [0.25, 0.3) is 0 Å². The van der Waals surface area contributed by atoms with Crippen molar-refractivity contribution in [1.82, 2.24) is 4.98 Å². The van der Waals surface area contributed by atoms with Crippen LogP contribution in [0.15, 0.2) is 22.8 Å². The lowest BCUT2D eigenvalue weighted by Crippen LogP contribution is -2.18. The highest BCUT2D eigenvalue weighted by Gasteiger charge is 2.27. The zero-order chi connectivity index (χ0) is 13.6. The fraction of sp³-hybridized carbons (Fsp3) is 0.455. The van der Waals surface area contributed by atoms with Crippen LogP contribution in [0.5, 0.6) is 0 Å². The molecule has 0 aliphatic rings. The van der Waals surface area contributed by atoms with Crippen LogP contribution in [0, 0.1) is 0 Å². The fourth-order valence-electron chi connectivity index (χ4n) is 1.18. The van der Waals surface area contributed by atoms with E-state index in [1.54, 1.807) is 18.3 Å². The minimum absolute atomic E-state index is 0.0478. The van der Waals surface area contributed by atoms with Crippen molar-refractivity contribution in [3.8, 4) is 0 Å². The van der Waals surface area contributed by atoms with E-state index in [4.69, 9.17) is 0 Å². The number of alkyl halides is 3. The molecule has 0 bridgehead atoms. The van der Waals surface area contributed by atoms with Crippen LogP contribution in [0.2, 0.25) is 0 Å². The summed E-state index contributed by atoms with van der Waals surface area (Å²) in [6.07, 6.45) is -2.74. The van der Waals surface area contributed by atoms with Crippen molar-refractivity contribution < 1.29 is 22.7 Å². The molecule has 1 aromatic rings. The highest BCUT2D eigenvalue weighted by Crippen LogP contribution is 2.14. The standard InChI is InChI=1S/C11H11BrF3NO2/c12-8-1-2-9(16-6-8)5-10(17)3-4-18-7-11(13,14)15/h1-2,6H,3-5,7H2. The Hall–Kier alpha value is -0.950. The molecule has 0 amide bonds. The molecule has 1 aromatic heterocycles. The molecule has 3 nitrogen and oxygen atoms in total. The van der Waals surface area contributed by atoms with Gasteiger partial charge >= 0.3 is 6.18 Å². The molecule has 0 saturated carbocycles. The number of carbonyl (C=O) groups is 1. The van der Waals surface area contributed by atoms with E-state index in [1.165, 1.54) is 0 Å². The van der Waals surface area contributed by atoms with Crippen molar-refractivity contribution in [3.63, 3.8) is 0 Å². The van der Waals surface area contributed by atoms with E-state index >= 15 is 0 Å². The molecule has 0 aromatic carbocycles. The summed E-state index contributed by atoms with van der Waals surface area (Å²) in [4.78, 5) is 15.4. The summed E-state index contributed by atoms with van der Waals surface area (Å²) in [7, 11) is 0. The number of ketones is 1. The monoisotopic (exact) mass is 325 g/mol. The average molecular weight is 326 g/mol. The average Bonchev–Trinajstić information content (AvgIpc) is 2.26. The van der Waals surface area contributed by atoms with E-state index in [0.717, 1.165) is 4.47 Å². The third kappa shape index (κ3) is 6.70.